The Morgan fingerprint density at radius 1 is 1.20 bits per heavy atom. The molecule has 3 N–H and O–H groups in total. The van der Waals surface area contributed by atoms with Gasteiger partial charge in [0.1, 0.15) is 0 Å². The zero-order valence-electron chi connectivity index (χ0n) is 14.9. The van der Waals surface area contributed by atoms with Crippen LogP contribution in [0.4, 0.5) is 0 Å². The molecule has 1 fully saturated rings. The Hall–Kier alpha value is -1.85. The van der Waals surface area contributed by atoms with E-state index in [1.165, 1.54) is 6.42 Å². The molecule has 1 aromatic heterocycles. The highest BCUT2D eigenvalue weighted by molar-refractivity contribution is 5.86. The van der Waals surface area contributed by atoms with Crippen LogP contribution in [0.2, 0.25) is 0 Å². The fourth-order valence-electron chi connectivity index (χ4n) is 3.51. The smallest absolute Gasteiger partial charge is 0.240 e. The molecule has 1 amide bonds. The van der Waals surface area contributed by atoms with Crippen molar-refractivity contribution in [1.29, 1.82) is 0 Å². The molecule has 0 spiro atoms. The van der Waals surface area contributed by atoms with Crippen molar-refractivity contribution in [2.75, 3.05) is 0 Å². The average molecular weight is 363 g/mol. The van der Waals surface area contributed by atoms with E-state index in [1.807, 2.05) is 48.9 Å². The molecule has 1 aliphatic carbocycles. The lowest BCUT2D eigenvalue weighted by molar-refractivity contribution is -0.127. The van der Waals surface area contributed by atoms with Crippen molar-refractivity contribution >= 4 is 18.3 Å². The van der Waals surface area contributed by atoms with Crippen molar-refractivity contribution in [3.05, 3.63) is 47.3 Å². The highest BCUT2D eigenvalue weighted by atomic mass is 35.5. The number of benzene rings is 1. The molecule has 1 heterocycles. The van der Waals surface area contributed by atoms with Crippen molar-refractivity contribution in [3.63, 3.8) is 0 Å². The Bertz CT molecular complexity index is 721. The molecule has 136 valence electrons. The number of carbonyl (C=O) groups excluding carboxylic acids is 1. The second-order valence-electron chi connectivity index (χ2n) is 6.80. The van der Waals surface area contributed by atoms with Crippen LogP contribution in [0.3, 0.4) is 0 Å². The molecular formula is C19H27ClN4O. The molecule has 1 aliphatic rings. The van der Waals surface area contributed by atoms with E-state index < -0.39 is 5.54 Å². The van der Waals surface area contributed by atoms with Crippen LogP contribution in [-0.4, -0.2) is 21.2 Å². The van der Waals surface area contributed by atoms with E-state index in [2.05, 4.69) is 10.4 Å². The van der Waals surface area contributed by atoms with Crippen LogP contribution < -0.4 is 11.1 Å². The average Bonchev–Trinajstić information content (AvgIpc) is 2.88. The number of amides is 1. The molecule has 1 saturated carbocycles. The summed E-state index contributed by atoms with van der Waals surface area (Å²) in [6, 6.07) is 10.0. The van der Waals surface area contributed by atoms with Crippen LogP contribution in [0.5, 0.6) is 0 Å². The molecule has 6 heteroatoms. The van der Waals surface area contributed by atoms with Crippen molar-refractivity contribution in [3.8, 4) is 5.69 Å². The Morgan fingerprint density at radius 2 is 1.84 bits per heavy atom. The van der Waals surface area contributed by atoms with Crippen LogP contribution in [0.1, 0.15) is 49.1 Å². The van der Waals surface area contributed by atoms with E-state index in [4.69, 9.17) is 5.73 Å². The quantitative estimate of drug-likeness (QED) is 0.877. The maximum absolute atomic E-state index is 12.5. The fourth-order valence-corrected chi connectivity index (χ4v) is 3.51. The first-order valence-electron chi connectivity index (χ1n) is 8.69. The predicted octanol–water partition coefficient (Wildman–Crippen LogP) is 3.19. The van der Waals surface area contributed by atoms with Crippen molar-refractivity contribution < 1.29 is 4.79 Å². The van der Waals surface area contributed by atoms with E-state index in [-0.39, 0.29) is 18.3 Å². The lowest BCUT2D eigenvalue weighted by Crippen LogP contribution is -2.54. The number of nitrogens with one attached hydrogen (secondary N) is 1. The number of hydrogen-bond acceptors (Lipinski definition) is 3. The topological polar surface area (TPSA) is 72.9 Å². The lowest BCUT2D eigenvalue weighted by Gasteiger charge is -2.31. The second kappa shape index (κ2) is 8.02. The monoisotopic (exact) mass is 362 g/mol. The molecule has 0 bridgehead atoms. The molecule has 1 aromatic carbocycles. The molecule has 0 radical (unpaired) electrons. The van der Waals surface area contributed by atoms with Crippen molar-refractivity contribution in [2.24, 2.45) is 5.73 Å². The largest absolute Gasteiger partial charge is 0.350 e. The van der Waals surface area contributed by atoms with Gasteiger partial charge < -0.3 is 11.1 Å². The van der Waals surface area contributed by atoms with E-state index in [9.17, 15) is 4.79 Å². The first-order chi connectivity index (χ1) is 11.5. The van der Waals surface area contributed by atoms with Gasteiger partial charge in [-0.15, -0.1) is 12.4 Å². The number of aryl methyl sites for hydroxylation is 1. The molecule has 0 saturated heterocycles. The van der Waals surface area contributed by atoms with Gasteiger partial charge in [-0.2, -0.15) is 5.10 Å². The van der Waals surface area contributed by atoms with Crippen LogP contribution in [0, 0.1) is 13.8 Å². The third-order valence-electron chi connectivity index (χ3n) is 5.07. The number of carbonyl (C=O) groups is 1. The molecule has 2 aromatic rings. The minimum atomic E-state index is -0.699. The number of nitrogens with zero attached hydrogens (tertiary/aromatic N) is 2. The van der Waals surface area contributed by atoms with Crippen LogP contribution in [0.15, 0.2) is 30.3 Å². The summed E-state index contributed by atoms with van der Waals surface area (Å²) in [7, 11) is 0. The van der Waals surface area contributed by atoms with Gasteiger partial charge in [0.15, 0.2) is 0 Å². The fraction of sp³-hybridized carbons (Fsp3) is 0.474. The van der Waals surface area contributed by atoms with Gasteiger partial charge in [0, 0.05) is 17.8 Å². The van der Waals surface area contributed by atoms with Gasteiger partial charge in [-0.25, -0.2) is 4.68 Å². The van der Waals surface area contributed by atoms with E-state index >= 15 is 0 Å². The van der Waals surface area contributed by atoms with Gasteiger partial charge >= 0.3 is 0 Å². The lowest BCUT2D eigenvalue weighted by atomic mass is 9.82. The van der Waals surface area contributed by atoms with Crippen molar-refractivity contribution in [2.45, 2.75) is 58.0 Å². The maximum atomic E-state index is 12.5. The first-order valence-corrected chi connectivity index (χ1v) is 8.69. The van der Waals surface area contributed by atoms with Crippen LogP contribution >= 0.6 is 12.4 Å². The molecule has 3 rings (SSSR count). The summed E-state index contributed by atoms with van der Waals surface area (Å²) >= 11 is 0. The third kappa shape index (κ3) is 4.05. The van der Waals surface area contributed by atoms with Crippen LogP contribution in [0.25, 0.3) is 5.69 Å². The van der Waals surface area contributed by atoms with Gasteiger partial charge in [0.05, 0.1) is 16.9 Å². The van der Waals surface area contributed by atoms with E-state index in [1.54, 1.807) is 0 Å². The second-order valence-corrected chi connectivity index (χ2v) is 6.80. The summed E-state index contributed by atoms with van der Waals surface area (Å²) in [5, 5.41) is 7.66. The standard InChI is InChI=1S/C19H26N4O.ClH/c1-14-17(13-21-18(24)19(20)11-7-4-8-12-19)15(2)23(22-14)16-9-5-3-6-10-16;/h3,5-6,9-10H,4,7-8,11-13,20H2,1-2H3,(H,21,24);1H. The zero-order valence-corrected chi connectivity index (χ0v) is 15.7. The SMILES string of the molecule is Cc1nn(-c2ccccc2)c(C)c1CNC(=O)C1(N)CCCCC1.Cl. The number of para-hydroxylation sites is 1. The maximum Gasteiger partial charge on any atom is 0.240 e. The Balaban J connectivity index is 0.00000225. The number of nitrogens with two attached hydrogens (primary N) is 1. The van der Waals surface area contributed by atoms with Gasteiger partial charge in [0.2, 0.25) is 5.91 Å². The van der Waals surface area contributed by atoms with E-state index in [0.29, 0.717) is 6.54 Å². The van der Waals surface area contributed by atoms with Crippen molar-refractivity contribution in [1.82, 2.24) is 15.1 Å². The van der Waals surface area contributed by atoms with Gasteiger partial charge in [-0.1, -0.05) is 37.5 Å². The zero-order chi connectivity index (χ0) is 17.2. The van der Waals surface area contributed by atoms with Gasteiger partial charge in [-0.3, -0.25) is 4.79 Å². The van der Waals surface area contributed by atoms with Gasteiger partial charge in [-0.05, 0) is 38.8 Å². The highest BCUT2D eigenvalue weighted by Crippen LogP contribution is 2.26. The van der Waals surface area contributed by atoms with Gasteiger partial charge in [0.25, 0.3) is 0 Å². The summed E-state index contributed by atoms with van der Waals surface area (Å²) in [5.41, 5.74) is 9.68. The number of halogens is 1. The normalized spacial score (nSPS) is 16.1. The molecule has 5 nitrogen and oxygen atoms in total. The minimum absolute atomic E-state index is 0. The summed E-state index contributed by atoms with van der Waals surface area (Å²) in [6.07, 6.45) is 4.80. The summed E-state index contributed by atoms with van der Waals surface area (Å²) in [6.45, 7) is 4.49. The molecule has 0 atom stereocenters. The molecule has 0 aliphatic heterocycles. The molecule has 0 unspecified atom stereocenters. The minimum Gasteiger partial charge on any atom is -0.350 e. The highest BCUT2D eigenvalue weighted by Gasteiger charge is 2.35. The first kappa shape index (κ1) is 19.5. The van der Waals surface area contributed by atoms with E-state index in [0.717, 1.165) is 48.3 Å². The number of aromatic nitrogens is 2. The summed E-state index contributed by atoms with van der Waals surface area (Å²) in [5.74, 6) is -0.0338. The number of rotatable bonds is 4. The molecule has 25 heavy (non-hydrogen) atoms. The Labute approximate surface area is 155 Å². The molecular weight excluding hydrogens is 336 g/mol. The predicted molar refractivity (Wildman–Crippen MR) is 102 cm³/mol. The summed E-state index contributed by atoms with van der Waals surface area (Å²) < 4.78 is 1.93. The third-order valence-corrected chi connectivity index (χ3v) is 5.07. The number of hydrogen-bond donors (Lipinski definition) is 2. The van der Waals surface area contributed by atoms with Crippen LogP contribution in [-0.2, 0) is 11.3 Å². The Kier molecular flexibility index (Phi) is 6.25. The Morgan fingerprint density at radius 3 is 2.48 bits per heavy atom. The summed E-state index contributed by atoms with van der Waals surface area (Å²) in [4.78, 5) is 12.5.